The summed E-state index contributed by atoms with van der Waals surface area (Å²) in [5.41, 5.74) is 6.48. The van der Waals surface area contributed by atoms with Crippen molar-refractivity contribution in [2.24, 2.45) is 5.73 Å². The van der Waals surface area contributed by atoms with E-state index in [0.29, 0.717) is 6.54 Å². The average Bonchev–Trinajstić information content (AvgIpc) is 2.15. The minimum absolute atomic E-state index is 0. The van der Waals surface area contributed by atoms with Crippen LogP contribution in [0.25, 0.3) is 0 Å². The molecule has 0 spiro atoms. The first kappa shape index (κ1) is 12.9. The minimum atomic E-state index is -0.806. The normalized spacial score (nSPS) is 11.5. The number of hydrogen-bond acceptors (Lipinski definition) is 2. The van der Waals surface area contributed by atoms with Gasteiger partial charge in [0, 0.05) is 5.92 Å². The molecule has 0 unspecified atom stereocenters. The van der Waals surface area contributed by atoms with Gasteiger partial charge in [-0.15, -0.1) is 12.4 Å². The van der Waals surface area contributed by atoms with Crippen LogP contribution in [0.15, 0.2) is 30.3 Å². The fourth-order valence-corrected chi connectivity index (χ4v) is 1.27. The molecule has 0 fully saturated rings. The quantitative estimate of drug-likeness (QED) is 0.803. The van der Waals surface area contributed by atoms with Crippen molar-refractivity contribution in [3.05, 3.63) is 35.9 Å². The highest BCUT2D eigenvalue weighted by molar-refractivity contribution is 5.85. The van der Waals surface area contributed by atoms with Gasteiger partial charge in [-0.3, -0.25) is 4.79 Å². The molecule has 0 saturated carbocycles. The van der Waals surface area contributed by atoms with Gasteiger partial charge in [0.1, 0.15) is 0 Å². The molecule has 0 aliphatic heterocycles. The zero-order chi connectivity index (χ0) is 9.68. The standard InChI is InChI=1S/C10H13NO2.ClH/c11-7-9(6-10(12)13)8-4-2-1-3-5-8;/h1-5,9H,6-7,11H2,(H,12,13);1H/t9-;/m0./s1. The fraction of sp³-hybridized carbons (Fsp3) is 0.300. The number of benzene rings is 1. The Morgan fingerprint density at radius 1 is 1.36 bits per heavy atom. The highest BCUT2D eigenvalue weighted by Gasteiger charge is 2.12. The minimum Gasteiger partial charge on any atom is -0.481 e. The summed E-state index contributed by atoms with van der Waals surface area (Å²) < 4.78 is 0. The SMILES string of the molecule is Cl.NC[C@H](CC(=O)O)c1ccccc1. The van der Waals surface area contributed by atoms with Crippen molar-refractivity contribution in [1.29, 1.82) is 0 Å². The van der Waals surface area contributed by atoms with E-state index in [1.165, 1.54) is 0 Å². The van der Waals surface area contributed by atoms with Gasteiger partial charge in [-0.1, -0.05) is 30.3 Å². The maximum atomic E-state index is 10.5. The fourth-order valence-electron chi connectivity index (χ4n) is 1.27. The largest absolute Gasteiger partial charge is 0.481 e. The topological polar surface area (TPSA) is 63.3 Å². The molecular weight excluding hydrogens is 202 g/mol. The zero-order valence-corrected chi connectivity index (χ0v) is 8.54. The van der Waals surface area contributed by atoms with Crippen molar-refractivity contribution >= 4 is 18.4 Å². The number of carboxylic acids is 1. The highest BCUT2D eigenvalue weighted by Crippen LogP contribution is 2.17. The van der Waals surface area contributed by atoms with Gasteiger partial charge < -0.3 is 10.8 Å². The highest BCUT2D eigenvalue weighted by atomic mass is 35.5. The summed E-state index contributed by atoms with van der Waals surface area (Å²) in [6, 6.07) is 9.48. The molecule has 1 aromatic rings. The first-order chi connectivity index (χ1) is 6.24. The van der Waals surface area contributed by atoms with E-state index in [0.717, 1.165) is 5.56 Å². The van der Waals surface area contributed by atoms with Crippen LogP contribution in [0.3, 0.4) is 0 Å². The lowest BCUT2D eigenvalue weighted by Crippen LogP contribution is -2.16. The molecule has 1 rings (SSSR count). The third-order valence-electron chi connectivity index (χ3n) is 1.98. The molecule has 14 heavy (non-hydrogen) atoms. The number of carbonyl (C=O) groups is 1. The Kier molecular flexibility index (Phi) is 5.92. The predicted octanol–water partition coefficient (Wildman–Crippen LogP) is 1.63. The van der Waals surface area contributed by atoms with E-state index in [1.807, 2.05) is 30.3 Å². The summed E-state index contributed by atoms with van der Waals surface area (Å²) in [6.07, 6.45) is 0.0977. The van der Waals surface area contributed by atoms with Crippen LogP contribution in [-0.2, 0) is 4.79 Å². The number of rotatable bonds is 4. The Bertz CT molecular complexity index is 277. The number of nitrogens with two attached hydrogens (primary N) is 1. The molecule has 0 aliphatic rings. The van der Waals surface area contributed by atoms with Crippen LogP contribution in [-0.4, -0.2) is 17.6 Å². The van der Waals surface area contributed by atoms with Gasteiger partial charge in [0.05, 0.1) is 6.42 Å². The summed E-state index contributed by atoms with van der Waals surface area (Å²) in [7, 11) is 0. The van der Waals surface area contributed by atoms with E-state index in [1.54, 1.807) is 0 Å². The molecule has 0 amide bonds. The number of carboxylic acid groups (broad SMARTS) is 1. The maximum absolute atomic E-state index is 10.5. The monoisotopic (exact) mass is 215 g/mol. The third kappa shape index (κ3) is 3.77. The molecule has 0 heterocycles. The molecule has 0 bridgehead atoms. The molecule has 0 aromatic heterocycles. The molecule has 1 atom stereocenters. The van der Waals surface area contributed by atoms with Crippen LogP contribution >= 0.6 is 12.4 Å². The first-order valence-corrected chi connectivity index (χ1v) is 4.21. The molecule has 0 saturated heterocycles. The Balaban J connectivity index is 0.00000169. The molecule has 3 N–H and O–H groups in total. The second-order valence-electron chi connectivity index (χ2n) is 2.94. The van der Waals surface area contributed by atoms with Gasteiger partial charge >= 0.3 is 5.97 Å². The lowest BCUT2D eigenvalue weighted by atomic mass is 9.96. The van der Waals surface area contributed by atoms with Crippen molar-refractivity contribution in [1.82, 2.24) is 0 Å². The number of aliphatic carboxylic acids is 1. The van der Waals surface area contributed by atoms with E-state index in [9.17, 15) is 4.79 Å². The van der Waals surface area contributed by atoms with Crippen molar-refractivity contribution in [2.45, 2.75) is 12.3 Å². The summed E-state index contributed by atoms with van der Waals surface area (Å²) in [6.45, 7) is 0.371. The Morgan fingerprint density at radius 3 is 2.36 bits per heavy atom. The van der Waals surface area contributed by atoms with Crippen molar-refractivity contribution in [3.8, 4) is 0 Å². The van der Waals surface area contributed by atoms with Crippen LogP contribution < -0.4 is 5.73 Å². The van der Waals surface area contributed by atoms with Crippen LogP contribution in [0.4, 0.5) is 0 Å². The molecule has 3 nitrogen and oxygen atoms in total. The van der Waals surface area contributed by atoms with Crippen LogP contribution in [0.2, 0.25) is 0 Å². The van der Waals surface area contributed by atoms with Crippen LogP contribution in [0.1, 0.15) is 17.9 Å². The second-order valence-corrected chi connectivity index (χ2v) is 2.94. The Hall–Kier alpha value is -1.06. The third-order valence-corrected chi connectivity index (χ3v) is 1.98. The molecule has 4 heteroatoms. The molecule has 0 aliphatic carbocycles. The lowest BCUT2D eigenvalue weighted by molar-refractivity contribution is -0.137. The summed E-state index contributed by atoms with van der Waals surface area (Å²) in [5.74, 6) is -0.877. The maximum Gasteiger partial charge on any atom is 0.304 e. The first-order valence-electron chi connectivity index (χ1n) is 4.21. The number of halogens is 1. The average molecular weight is 216 g/mol. The molecule has 0 radical (unpaired) electrons. The summed E-state index contributed by atoms with van der Waals surface area (Å²) in [5, 5.41) is 8.62. The Morgan fingerprint density at radius 2 is 1.93 bits per heavy atom. The predicted molar refractivity (Wildman–Crippen MR) is 57.7 cm³/mol. The van der Waals surface area contributed by atoms with Gasteiger partial charge in [-0.2, -0.15) is 0 Å². The van der Waals surface area contributed by atoms with Crippen molar-refractivity contribution in [2.75, 3.05) is 6.54 Å². The summed E-state index contributed by atoms with van der Waals surface area (Å²) in [4.78, 5) is 10.5. The summed E-state index contributed by atoms with van der Waals surface area (Å²) >= 11 is 0. The molecule has 1 aromatic carbocycles. The number of hydrogen-bond donors (Lipinski definition) is 2. The van der Waals surface area contributed by atoms with E-state index in [4.69, 9.17) is 10.8 Å². The van der Waals surface area contributed by atoms with E-state index >= 15 is 0 Å². The zero-order valence-electron chi connectivity index (χ0n) is 7.72. The van der Waals surface area contributed by atoms with E-state index in [-0.39, 0.29) is 24.7 Å². The Labute approximate surface area is 89.3 Å². The lowest BCUT2D eigenvalue weighted by Gasteiger charge is -2.11. The van der Waals surface area contributed by atoms with Crippen molar-refractivity contribution in [3.63, 3.8) is 0 Å². The van der Waals surface area contributed by atoms with Gasteiger partial charge in [-0.05, 0) is 12.1 Å². The second kappa shape index (κ2) is 6.40. The van der Waals surface area contributed by atoms with Gasteiger partial charge in [0.25, 0.3) is 0 Å². The van der Waals surface area contributed by atoms with Gasteiger partial charge in [0.15, 0.2) is 0 Å². The molecular formula is C10H14ClNO2. The van der Waals surface area contributed by atoms with Crippen LogP contribution in [0.5, 0.6) is 0 Å². The van der Waals surface area contributed by atoms with Crippen molar-refractivity contribution < 1.29 is 9.90 Å². The smallest absolute Gasteiger partial charge is 0.304 e. The van der Waals surface area contributed by atoms with Gasteiger partial charge in [-0.25, -0.2) is 0 Å². The van der Waals surface area contributed by atoms with Gasteiger partial charge in [0.2, 0.25) is 0 Å². The van der Waals surface area contributed by atoms with E-state index in [2.05, 4.69) is 0 Å². The van der Waals surface area contributed by atoms with Crippen LogP contribution in [0, 0.1) is 0 Å². The van der Waals surface area contributed by atoms with E-state index < -0.39 is 5.97 Å². The molecule has 78 valence electrons.